The summed E-state index contributed by atoms with van der Waals surface area (Å²) in [5.74, 6) is 0.612. The highest BCUT2D eigenvalue weighted by Gasteiger charge is 2.27. The van der Waals surface area contributed by atoms with Crippen LogP contribution in [0.4, 0.5) is 0 Å². The van der Waals surface area contributed by atoms with Crippen LogP contribution >= 0.6 is 0 Å². The summed E-state index contributed by atoms with van der Waals surface area (Å²) in [6.07, 6.45) is 5.35. The van der Waals surface area contributed by atoms with Crippen molar-refractivity contribution in [2.45, 2.75) is 57.5 Å². The van der Waals surface area contributed by atoms with E-state index in [9.17, 15) is 9.59 Å². The lowest BCUT2D eigenvalue weighted by Crippen LogP contribution is -2.43. The maximum Gasteiger partial charge on any atom is 0.222 e. The molecule has 0 spiro atoms. The second kappa shape index (κ2) is 6.37. The van der Waals surface area contributed by atoms with Crippen molar-refractivity contribution in [2.24, 2.45) is 11.7 Å². The number of likely N-dealkylation sites (tertiary alicyclic amines) is 1. The summed E-state index contributed by atoms with van der Waals surface area (Å²) in [6, 6.07) is 0.202. The number of rotatable bonds is 5. The Kier molecular flexibility index (Phi) is 4.80. The Balaban J connectivity index is 1.70. The fourth-order valence-corrected chi connectivity index (χ4v) is 3.16. The van der Waals surface area contributed by atoms with Gasteiger partial charge in [-0.15, -0.1) is 0 Å². The van der Waals surface area contributed by atoms with E-state index in [1.54, 1.807) is 0 Å². The summed E-state index contributed by atoms with van der Waals surface area (Å²) < 4.78 is 0. The van der Waals surface area contributed by atoms with Gasteiger partial charge in [-0.3, -0.25) is 9.59 Å². The summed E-state index contributed by atoms with van der Waals surface area (Å²) in [6.45, 7) is 3.41. The third-order valence-electron chi connectivity index (χ3n) is 4.24. The molecule has 0 radical (unpaired) electrons. The lowest BCUT2D eigenvalue weighted by molar-refractivity contribution is -0.129. The molecule has 1 aliphatic heterocycles. The Morgan fingerprint density at radius 2 is 2.26 bits per heavy atom. The molecule has 0 aromatic carbocycles. The Morgan fingerprint density at radius 3 is 2.84 bits per heavy atom. The molecule has 3 atom stereocenters. The Bertz CT molecular complexity index is 346. The molecule has 2 amide bonds. The van der Waals surface area contributed by atoms with E-state index in [0.29, 0.717) is 25.3 Å². The summed E-state index contributed by atoms with van der Waals surface area (Å²) in [5, 5.41) is 2.99. The molecule has 0 aromatic rings. The quantitative estimate of drug-likeness (QED) is 0.767. The molecule has 5 nitrogen and oxygen atoms in total. The summed E-state index contributed by atoms with van der Waals surface area (Å²) in [7, 11) is 0. The van der Waals surface area contributed by atoms with Gasteiger partial charge < -0.3 is 16.0 Å². The first-order valence-corrected chi connectivity index (χ1v) is 7.39. The highest BCUT2D eigenvalue weighted by Crippen LogP contribution is 2.26. The predicted octanol–water partition coefficient (Wildman–Crippen LogP) is 0.631. The standard InChI is InChI=1S/C14H25N3O2/c1-10(9-17-7-3-6-14(17)19)16-13(18)8-11-4-2-5-12(11)15/h10-12H,2-9,15H2,1H3,(H,16,18)/t10?,11-,12+/m0/s1. The summed E-state index contributed by atoms with van der Waals surface area (Å²) >= 11 is 0. The van der Waals surface area contributed by atoms with Gasteiger partial charge in [0.05, 0.1) is 0 Å². The maximum atomic E-state index is 11.9. The van der Waals surface area contributed by atoms with Crippen molar-refractivity contribution in [3.8, 4) is 0 Å². The fraction of sp³-hybridized carbons (Fsp3) is 0.857. The van der Waals surface area contributed by atoms with Gasteiger partial charge in [-0.25, -0.2) is 0 Å². The molecular weight excluding hydrogens is 242 g/mol. The van der Waals surface area contributed by atoms with Gasteiger partial charge >= 0.3 is 0 Å². The predicted molar refractivity (Wildman–Crippen MR) is 73.4 cm³/mol. The molecule has 1 unspecified atom stereocenters. The molecule has 2 fully saturated rings. The van der Waals surface area contributed by atoms with E-state index in [1.807, 2.05) is 11.8 Å². The minimum Gasteiger partial charge on any atom is -0.352 e. The average Bonchev–Trinajstić information content (AvgIpc) is 2.90. The SMILES string of the molecule is CC(CN1CCCC1=O)NC(=O)C[C@@H]1CCC[C@H]1N. The minimum absolute atomic E-state index is 0.0205. The van der Waals surface area contributed by atoms with Crippen LogP contribution in [0.2, 0.25) is 0 Å². The van der Waals surface area contributed by atoms with Crippen LogP contribution in [0.3, 0.4) is 0 Å². The highest BCUT2D eigenvalue weighted by atomic mass is 16.2. The van der Waals surface area contributed by atoms with Gasteiger partial charge in [0, 0.05) is 38.0 Å². The largest absolute Gasteiger partial charge is 0.352 e. The molecule has 1 saturated carbocycles. The second-order valence-electron chi connectivity index (χ2n) is 5.97. The van der Waals surface area contributed by atoms with Crippen molar-refractivity contribution in [3.05, 3.63) is 0 Å². The van der Waals surface area contributed by atoms with Crippen LogP contribution in [0.15, 0.2) is 0 Å². The first-order chi connectivity index (χ1) is 9.06. The van der Waals surface area contributed by atoms with Crippen LogP contribution in [0.1, 0.15) is 45.4 Å². The van der Waals surface area contributed by atoms with Crippen LogP contribution < -0.4 is 11.1 Å². The number of nitrogens with two attached hydrogens (primary N) is 1. The van der Waals surface area contributed by atoms with Crippen molar-refractivity contribution < 1.29 is 9.59 Å². The molecule has 108 valence electrons. The summed E-state index contributed by atoms with van der Waals surface area (Å²) in [5.41, 5.74) is 5.98. The lowest BCUT2D eigenvalue weighted by Gasteiger charge is -2.23. The molecular formula is C14H25N3O2. The molecule has 1 saturated heterocycles. The zero-order chi connectivity index (χ0) is 13.8. The van der Waals surface area contributed by atoms with Crippen LogP contribution in [0.5, 0.6) is 0 Å². The van der Waals surface area contributed by atoms with Gasteiger partial charge in [0.15, 0.2) is 0 Å². The van der Waals surface area contributed by atoms with E-state index < -0.39 is 0 Å². The Hall–Kier alpha value is -1.10. The number of carbonyl (C=O) groups excluding carboxylic acids is 2. The van der Waals surface area contributed by atoms with Crippen LogP contribution in [0.25, 0.3) is 0 Å². The van der Waals surface area contributed by atoms with Crippen molar-refractivity contribution in [3.63, 3.8) is 0 Å². The van der Waals surface area contributed by atoms with Gasteiger partial charge in [0.25, 0.3) is 0 Å². The van der Waals surface area contributed by atoms with E-state index >= 15 is 0 Å². The summed E-state index contributed by atoms with van der Waals surface area (Å²) in [4.78, 5) is 25.3. The van der Waals surface area contributed by atoms with Crippen LogP contribution in [-0.2, 0) is 9.59 Å². The van der Waals surface area contributed by atoms with E-state index in [0.717, 1.165) is 32.2 Å². The number of nitrogens with one attached hydrogen (secondary N) is 1. The molecule has 2 aliphatic rings. The Morgan fingerprint density at radius 1 is 1.47 bits per heavy atom. The number of carbonyl (C=O) groups is 2. The molecule has 1 aliphatic carbocycles. The monoisotopic (exact) mass is 267 g/mol. The highest BCUT2D eigenvalue weighted by molar-refractivity contribution is 5.78. The van der Waals surface area contributed by atoms with Crippen molar-refractivity contribution in [1.29, 1.82) is 0 Å². The topological polar surface area (TPSA) is 75.4 Å². The molecule has 19 heavy (non-hydrogen) atoms. The number of amides is 2. The third kappa shape index (κ3) is 3.93. The van der Waals surface area contributed by atoms with Gasteiger partial charge in [-0.2, -0.15) is 0 Å². The molecule has 1 heterocycles. The number of nitrogens with zero attached hydrogens (tertiary/aromatic N) is 1. The number of hydrogen-bond acceptors (Lipinski definition) is 3. The molecule has 2 rings (SSSR count). The van der Waals surface area contributed by atoms with Crippen molar-refractivity contribution in [1.82, 2.24) is 10.2 Å². The average molecular weight is 267 g/mol. The van der Waals surface area contributed by atoms with E-state index in [-0.39, 0.29) is 23.9 Å². The third-order valence-corrected chi connectivity index (χ3v) is 4.24. The second-order valence-corrected chi connectivity index (χ2v) is 5.97. The molecule has 0 bridgehead atoms. The molecule has 3 N–H and O–H groups in total. The molecule has 5 heteroatoms. The fourth-order valence-electron chi connectivity index (χ4n) is 3.16. The normalized spacial score (nSPS) is 28.7. The van der Waals surface area contributed by atoms with Crippen LogP contribution in [0, 0.1) is 5.92 Å². The van der Waals surface area contributed by atoms with Gasteiger partial charge in [0.2, 0.25) is 11.8 Å². The van der Waals surface area contributed by atoms with E-state index in [4.69, 9.17) is 5.73 Å². The van der Waals surface area contributed by atoms with E-state index in [1.165, 1.54) is 0 Å². The van der Waals surface area contributed by atoms with Gasteiger partial charge in [-0.1, -0.05) is 6.42 Å². The first kappa shape index (κ1) is 14.3. The van der Waals surface area contributed by atoms with Gasteiger partial charge in [-0.05, 0) is 32.1 Å². The minimum atomic E-state index is 0.0205. The Labute approximate surface area is 114 Å². The first-order valence-electron chi connectivity index (χ1n) is 7.39. The van der Waals surface area contributed by atoms with Crippen molar-refractivity contribution >= 4 is 11.8 Å². The molecule has 0 aromatic heterocycles. The van der Waals surface area contributed by atoms with Crippen LogP contribution in [-0.4, -0.2) is 41.9 Å². The van der Waals surface area contributed by atoms with Gasteiger partial charge in [0.1, 0.15) is 0 Å². The zero-order valence-corrected chi connectivity index (χ0v) is 11.7. The van der Waals surface area contributed by atoms with E-state index in [2.05, 4.69) is 5.32 Å². The lowest BCUT2D eigenvalue weighted by atomic mass is 10.00. The zero-order valence-electron chi connectivity index (χ0n) is 11.7. The van der Waals surface area contributed by atoms with Crippen molar-refractivity contribution in [2.75, 3.05) is 13.1 Å². The smallest absolute Gasteiger partial charge is 0.222 e. The number of hydrogen-bond donors (Lipinski definition) is 2. The maximum absolute atomic E-state index is 11.9.